The van der Waals surface area contributed by atoms with Crippen LogP contribution in [0.25, 0.3) is 12.2 Å². The van der Waals surface area contributed by atoms with Crippen molar-refractivity contribution in [3.05, 3.63) is 81.9 Å². The fraction of sp³-hybridized carbons (Fsp3) is 0.385. The van der Waals surface area contributed by atoms with E-state index in [1.165, 1.54) is 11.1 Å². The van der Waals surface area contributed by atoms with Crippen molar-refractivity contribution in [1.29, 1.82) is 0 Å². The van der Waals surface area contributed by atoms with Crippen LogP contribution in [0.4, 0.5) is 0 Å². The Labute approximate surface area is 200 Å². The van der Waals surface area contributed by atoms with Crippen molar-refractivity contribution in [2.45, 2.75) is 48.8 Å². The zero-order valence-electron chi connectivity index (χ0n) is 18.2. The quantitative estimate of drug-likeness (QED) is 0.581. The Morgan fingerprint density at radius 1 is 0.586 bits per heavy atom. The van der Waals surface area contributed by atoms with E-state index >= 15 is 0 Å². The van der Waals surface area contributed by atoms with E-state index in [2.05, 4.69) is 102 Å². The first kappa shape index (κ1) is 24.7. The molecule has 2 aromatic rings. The van der Waals surface area contributed by atoms with Crippen molar-refractivity contribution in [3.8, 4) is 0 Å². The molecule has 2 atom stereocenters. The van der Waals surface area contributed by atoms with Crippen molar-refractivity contribution >= 4 is 12.2 Å². The van der Waals surface area contributed by atoms with Crippen molar-refractivity contribution < 1.29 is 48.0 Å². The molecule has 0 heterocycles. The van der Waals surface area contributed by atoms with Gasteiger partial charge in [-0.1, -0.05) is 0 Å². The second-order valence-corrected chi connectivity index (χ2v) is 13.6. The van der Waals surface area contributed by atoms with Crippen LogP contribution in [0.3, 0.4) is 0 Å². The normalized spacial score (nSPS) is 19.8. The second-order valence-electron chi connectivity index (χ2n) is 9.99. The molecule has 29 heavy (non-hydrogen) atoms. The Hall–Kier alpha value is -0.617. The van der Waals surface area contributed by atoms with E-state index in [9.17, 15) is 0 Å². The van der Waals surface area contributed by atoms with Crippen LogP contribution in [-0.4, -0.2) is 0 Å². The number of halogens is 2. The molecule has 2 unspecified atom stereocenters. The topological polar surface area (TPSA) is 0 Å². The van der Waals surface area contributed by atoms with Crippen LogP contribution < -0.4 is 24.8 Å². The van der Waals surface area contributed by atoms with Gasteiger partial charge in [0.15, 0.2) is 0 Å². The molecule has 0 saturated carbocycles. The second kappa shape index (κ2) is 8.86. The van der Waals surface area contributed by atoms with Crippen LogP contribution in [0.2, 0.25) is 0 Å². The van der Waals surface area contributed by atoms with Crippen LogP contribution in [-0.2, 0) is 23.2 Å². The molecule has 0 saturated heterocycles. The van der Waals surface area contributed by atoms with Gasteiger partial charge in [-0.3, -0.25) is 0 Å². The number of allylic oxidation sites excluding steroid dienone is 2. The van der Waals surface area contributed by atoms with E-state index in [-0.39, 0.29) is 35.6 Å². The minimum atomic E-state index is -0.805. The molecular weight excluding hydrogens is 474 g/mol. The summed E-state index contributed by atoms with van der Waals surface area (Å²) in [5, 5.41) is 0. The van der Waals surface area contributed by atoms with Crippen molar-refractivity contribution in [2.24, 2.45) is 10.8 Å². The van der Waals surface area contributed by atoms with Gasteiger partial charge in [0, 0.05) is 0 Å². The maximum atomic E-state index is 2.50. The molecule has 0 spiro atoms. The van der Waals surface area contributed by atoms with Gasteiger partial charge in [-0.25, -0.2) is 0 Å². The zero-order valence-corrected chi connectivity index (χ0v) is 22.2. The van der Waals surface area contributed by atoms with E-state index in [1.54, 1.807) is 22.3 Å². The van der Waals surface area contributed by atoms with Crippen LogP contribution in [0.1, 0.15) is 71.0 Å². The first-order valence-corrected chi connectivity index (χ1v) is 12.9. The molecule has 0 aliphatic heterocycles. The Kier molecular flexibility index (Phi) is 7.53. The SMILES string of the molecule is CC(C)(C)C1=Cc2ccccc2[CH]1[Zr+2][CH]1C(C(C)(C)C)=Cc2ccccc21.[Cl-].[Cl-]. The van der Waals surface area contributed by atoms with Gasteiger partial charge >= 0.3 is 177 Å². The third-order valence-corrected chi connectivity index (χ3v) is 10.6. The minimum absolute atomic E-state index is 0. The molecule has 0 bridgehead atoms. The monoisotopic (exact) mass is 502 g/mol. The van der Waals surface area contributed by atoms with Gasteiger partial charge in [-0.15, -0.1) is 0 Å². The number of fused-ring (bicyclic) bond motifs is 2. The maximum absolute atomic E-state index is 2.50. The van der Waals surface area contributed by atoms with E-state index < -0.39 is 23.2 Å². The molecule has 0 fully saturated rings. The predicted molar refractivity (Wildman–Crippen MR) is 113 cm³/mol. The smallest absolute Gasteiger partial charge is 1.00 e. The molecule has 152 valence electrons. The summed E-state index contributed by atoms with van der Waals surface area (Å²) in [5.74, 6) is 0. The molecule has 0 N–H and O–H groups in total. The van der Waals surface area contributed by atoms with Gasteiger partial charge in [-0.2, -0.15) is 0 Å². The number of hydrogen-bond donors (Lipinski definition) is 0. The van der Waals surface area contributed by atoms with E-state index in [4.69, 9.17) is 0 Å². The Morgan fingerprint density at radius 2 is 0.931 bits per heavy atom. The number of benzene rings is 2. The molecule has 4 rings (SSSR count). The van der Waals surface area contributed by atoms with E-state index in [1.807, 2.05) is 0 Å². The summed E-state index contributed by atoms with van der Waals surface area (Å²) in [5.41, 5.74) is 9.88. The molecule has 0 nitrogen and oxygen atoms in total. The van der Waals surface area contributed by atoms with Gasteiger partial charge < -0.3 is 24.8 Å². The molecule has 2 aliphatic carbocycles. The largest absolute Gasteiger partial charge is 1.00 e. The summed E-state index contributed by atoms with van der Waals surface area (Å²) in [6.07, 6.45) is 5.00. The standard InChI is InChI=1S/2C13H15.2ClH.Zr/c2*1-13(2,3)12-8-10-6-4-5-7-11(10)9-12;;;/h2*4-9H,1-3H3;2*1H;/q;;;;+2/p-2. The molecule has 0 amide bonds. The van der Waals surface area contributed by atoms with Crippen LogP contribution >= 0.6 is 0 Å². The molecule has 2 aliphatic rings. The molecular formula is C26H30Cl2Zr. The van der Waals surface area contributed by atoms with E-state index in [0.29, 0.717) is 7.25 Å². The summed E-state index contributed by atoms with van der Waals surface area (Å²) in [6, 6.07) is 18.2. The van der Waals surface area contributed by atoms with Crippen molar-refractivity contribution in [1.82, 2.24) is 0 Å². The molecule has 2 aromatic carbocycles. The van der Waals surface area contributed by atoms with Crippen molar-refractivity contribution in [3.63, 3.8) is 0 Å². The molecule has 0 aromatic heterocycles. The van der Waals surface area contributed by atoms with Gasteiger partial charge in [0.05, 0.1) is 0 Å². The third kappa shape index (κ3) is 4.68. The average molecular weight is 505 g/mol. The summed E-state index contributed by atoms with van der Waals surface area (Å²) >= 11 is -0.805. The first-order valence-electron chi connectivity index (χ1n) is 10.0. The predicted octanol–water partition coefficient (Wildman–Crippen LogP) is 1.45. The summed E-state index contributed by atoms with van der Waals surface area (Å²) in [7, 11) is 0. The van der Waals surface area contributed by atoms with Crippen molar-refractivity contribution in [2.75, 3.05) is 0 Å². The third-order valence-electron chi connectivity index (χ3n) is 5.92. The minimum Gasteiger partial charge on any atom is -1.00 e. The van der Waals surface area contributed by atoms with E-state index in [0.717, 1.165) is 0 Å². The van der Waals surface area contributed by atoms with Crippen LogP contribution in [0.15, 0.2) is 59.7 Å². The summed E-state index contributed by atoms with van der Waals surface area (Å²) in [4.78, 5) is 0. The molecule has 0 radical (unpaired) electrons. The fourth-order valence-corrected chi connectivity index (χ4v) is 10.9. The number of rotatable bonds is 2. The summed E-state index contributed by atoms with van der Waals surface area (Å²) in [6.45, 7) is 14.3. The fourth-order valence-electron chi connectivity index (χ4n) is 4.47. The van der Waals surface area contributed by atoms with Crippen LogP contribution in [0.5, 0.6) is 0 Å². The zero-order chi connectivity index (χ0) is 19.4. The molecule has 3 heteroatoms. The van der Waals surface area contributed by atoms with Gasteiger partial charge in [0.25, 0.3) is 0 Å². The Morgan fingerprint density at radius 3 is 1.28 bits per heavy atom. The summed E-state index contributed by atoms with van der Waals surface area (Å²) < 4.78 is 1.35. The Bertz CT molecular complexity index is 864. The Balaban J connectivity index is 0.00000150. The van der Waals surface area contributed by atoms with Gasteiger partial charge in [0.1, 0.15) is 0 Å². The van der Waals surface area contributed by atoms with Gasteiger partial charge in [-0.05, 0) is 0 Å². The average Bonchev–Trinajstić information content (AvgIpc) is 3.14. The van der Waals surface area contributed by atoms with Crippen LogP contribution in [0, 0.1) is 10.8 Å². The first-order chi connectivity index (χ1) is 12.7. The number of hydrogen-bond acceptors (Lipinski definition) is 0. The maximum Gasteiger partial charge on any atom is -1.00 e. The van der Waals surface area contributed by atoms with Gasteiger partial charge in [0.2, 0.25) is 0 Å².